The molecule has 0 fully saturated rings. The molecular weight excluding hydrogens is 190 g/mol. The zero-order chi connectivity index (χ0) is 10.5. The van der Waals surface area contributed by atoms with E-state index in [9.17, 15) is 0 Å². The fourth-order valence-corrected chi connectivity index (χ4v) is 1.17. The molecule has 1 aromatic carbocycles. The zero-order valence-corrected chi connectivity index (χ0v) is 8.13. The zero-order valence-electron chi connectivity index (χ0n) is 8.13. The second kappa shape index (κ2) is 4.41. The van der Waals surface area contributed by atoms with Gasteiger partial charge in [-0.1, -0.05) is 30.3 Å². The summed E-state index contributed by atoms with van der Waals surface area (Å²) in [4.78, 5) is 7.67. The molecule has 0 saturated heterocycles. The summed E-state index contributed by atoms with van der Waals surface area (Å²) in [7, 11) is 0. The van der Waals surface area contributed by atoms with Gasteiger partial charge in [-0.25, -0.2) is 9.97 Å². The maximum atomic E-state index is 5.61. The molecule has 0 amide bonds. The normalized spacial score (nSPS) is 9.87. The van der Waals surface area contributed by atoms with Crippen LogP contribution < -0.4 is 10.5 Å². The third-order valence-electron chi connectivity index (χ3n) is 1.94. The molecule has 0 radical (unpaired) electrons. The Balaban J connectivity index is 2.03. The van der Waals surface area contributed by atoms with E-state index in [2.05, 4.69) is 9.97 Å². The van der Waals surface area contributed by atoms with Gasteiger partial charge < -0.3 is 10.5 Å². The summed E-state index contributed by atoms with van der Waals surface area (Å²) in [5.41, 5.74) is 6.69. The average molecular weight is 201 g/mol. The Morgan fingerprint density at radius 3 is 2.73 bits per heavy atom. The number of nitrogens with two attached hydrogens (primary N) is 1. The molecule has 1 heterocycles. The van der Waals surface area contributed by atoms with Crippen molar-refractivity contribution < 1.29 is 4.74 Å². The van der Waals surface area contributed by atoms with Crippen LogP contribution in [0.4, 0.5) is 5.82 Å². The standard InChI is InChI=1S/C11H11N3O/c12-11-10(6-13-8-14-11)15-7-9-4-2-1-3-5-9/h1-6,8H,7H2,(H2,12,13,14). The van der Waals surface area contributed by atoms with E-state index in [-0.39, 0.29) is 0 Å². The Morgan fingerprint density at radius 1 is 1.20 bits per heavy atom. The van der Waals surface area contributed by atoms with Crippen LogP contribution in [-0.4, -0.2) is 9.97 Å². The molecule has 2 aromatic rings. The molecule has 0 unspecified atom stereocenters. The van der Waals surface area contributed by atoms with E-state index in [1.807, 2.05) is 30.3 Å². The molecule has 0 aliphatic rings. The Labute approximate surface area is 87.7 Å². The summed E-state index contributed by atoms with van der Waals surface area (Å²) in [6.45, 7) is 0.471. The van der Waals surface area contributed by atoms with E-state index in [0.717, 1.165) is 5.56 Å². The molecule has 1 aromatic heterocycles. The topological polar surface area (TPSA) is 61.0 Å². The van der Waals surface area contributed by atoms with Gasteiger partial charge in [0.05, 0.1) is 6.20 Å². The highest BCUT2D eigenvalue weighted by molar-refractivity contribution is 5.42. The average Bonchev–Trinajstić information content (AvgIpc) is 2.29. The van der Waals surface area contributed by atoms with Crippen LogP contribution in [0.3, 0.4) is 0 Å². The molecule has 0 bridgehead atoms. The Kier molecular flexibility index (Phi) is 2.78. The number of ether oxygens (including phenoxy) is 1. The van der Waals surface area contributed by atoms with Crippen LogP contribution in [0.15, 0.2) is 42.9 Å². The summed E-state index contributed by atoms with van der Waals surface area (Å²) in [6.07, 6.45) is 2.95. The third kappa shape index (κ3) is 2.43. The first-order chi connectivity index (χ1) is 7.36. The van der Waals surface area contributed by atoms with Crippen molar-refractivity contribution in [3.8, 4) is 5.75 Å². The smallest absolute Gasteiger partial charge is 0.180 e. The highest BCUT2D eigenvalue weighted by Crippen LogP contribution is 2.16. The summed E-state index contributed by atoms with van der Waals surface area (Å²) >= 11 is 0. The van der Waals surface area contributed by atoms with Gasteiger partial charge >= 0.3 is 0 Å². The van der Waals surface area contributed by atoms with Gasteiger partial charge in [0.25, 0.3) is 0 Å². The lowest BCUT2D eigenvalue weighted by Crippen LogP contribution is -2.00. The number of anilines is 1. The van der Waals surface area contributed by atoms with Crippen LogP contribution in [0, 0.1) is 0 Å². The van der Waals surface area contributed by atoms with E-state index in [1.54, 1.807) is 6.20 Å². The van der Waals surface area contributed by atoms with Crippen LogP contribution in [0.5, 0.6) is 5.75 Å². The van der Waals surface area contributed by atoms with Crippen molar-refractivity contribution in [2.24, 2.45) is 0 Å². The second-order valence-corrected chi connectivity index (χ2v) is 3.05. The van der Waals surface area contributed by atoms with Gasteiger partial charge in [0, 0.05) is 0 Å². The Hall–Kier alpha value is -2.10. The highest BCUT2D eigenvalue weighted by Gasteiger charge is 2.00. The van der Waals surface area contributed by atoms with Gasteiger partial charge in [-0.15, -0.1) is 0 Å². The lowest BCUT2D eigenvalue weighted by Gasteiger charge is -2.06. The molecule has 2 rings (SSSR count). The van der Waals surface area contributed by atoms with Gasteiger partial charge in [-0.3, -0.25) is 0 Å². The summed E-state index contributed by atoms with van der Waals surface area (Å²) in [6, 6.07) is 9.86. The van der Waals surface area contributed by atoms with Crippen LogP contribution in [0.2, 0.25) is 0 Å². The summed E-state index contributed by atoms with van der Waals surface area (Å²) < 4.78 is 5.47. The molecule has 0 aliphatic carbocycles. The lowest BCUT2D eigenvalue weighted by atomic mass is 10.2. The lowest BCUT2D eigenvalue weighted by molar-refractivity contribution is 0.305. The predicted molar refractivity (Wildman–Crippen MR) is 57.2 cm³/mol. The first kappa shape index (κ1) is 9.45. The molecular formula is C11H11N3O. The number of nitrogen functional groups attached to an aromatic ring is 1. The van der Waals surface area contributed by atoms with Crippen molar-refractivity contribution in [1.82, 2.24) is 9.97 Å². The number of aromatic nitrogens is 2. The molecule has 0 spiro atoms. The first-order valence-corrected chi connectivity index (χ1v) is 4.58. The minimum absolute atomic E-state index is 0.362. The monoisotopic (exact) mass is 201 g/mol. The second-order valence-electron chi connectivity index (χ2n) is 3.05. The van der Waals surface area contributed by atoms with Crippen molar-refractivity contribution in [3.63, 3.8) is 0 Å². The molecule has 4 nitrogen and oxygen atoms in total. The van der Waals surface area contributed by atoms with Crippen LogP contribution in [0.25, 0.3) is 0 Å². The number of nitrogens with zero attached hydrogens (tertiary/aromatic N) is 2. The fraction of sp³-hybridized carbons (Fsp3) is 0.0909. The highest BCUT2D eigenvalue weighted by atomic mass is 16.5. The molecule has 0 saturated carbocycles. The van der Waals surface area contributed by atoms with Crippen LogP contribution in [-0.2, 0) is 6.61 Å². The van der Waals surface area contributed by atoms with Gasteiger partial charge in [-0.05, 0) is 5.56 Å². The maximum Gasteiger partial charge on any atom is 0.180 e. The summed E-state index contributed by atoms with van der Waals surface area (Å²) in [5.74, 6) is 0.877. The largest absolute Gasteiger partial charge is 0.483 e. The Morgan fingerprint density at radius 2 is 2.00 bits per heavy atom. The maximum absolute atomic E-state index is 5.61. The quantitative estimate of drug-likeness (QED) is 0.820. The van der Waals surface area contributed by atoms with E-state index in [0.29, 0.717) is 18.2 Å². The van der Waals surface area contributed by atoms with Gasteiger partial charge in [0.1, 0.15) is 12.9 Å². The van der Waals surface area contributed by atoms with Gasteiger partial charge in [0.2, 0.25) is 0 Å². The van der Waals surface area contributed by atoms with E-state index >= 15 is 0 Å². The molecule has 15 heavy (non-hydrogen) atoms. The van der Waals surface area contributed by atoms with E-state index < -0.39 is 0 Å². The summed E-state index contributed by atoms with van der Waals surface area (Å²) in [5, 5.41) is 0. The number of rotatable bonds is 3. The van der Waals surface area contributed by atoms with Gasteiger partial charge in [0.15, 0.2) is 11.6 Å². The van der Waals surface area contributed by atoms with Crippen LogP contribution in [0.1, 0.15) is 5.56 Å². The fourth-order valence-electron chi connectivity index (χ4n) is 1.17. The van der Waals surface area contributed by atoms with Crippen molar-refractivity contribution in [1.29, 1.82) is 0 Å². The van der Waals surface area contributed by atoms with Crippen molar-refractivity contribution in [2.45, 2.75) is 6.61 Å². The molecule has 76 valence electrons. The SMILES string of the molecule is Nc1ncncc1OCc1ccccc1. The minimum Gasteiger partial charge on any atom is -0.483 e. The predicted octanol–water partition coefficient (Wildman–Crippen LogP) is 1.64. The molecule has 4 heteroatoms. The molecule has 2 N–H and O–H groups in total. The number of hydrogen-bond acceptors (Lipinski definition) is 4. The first-order valence-electron chi connectivity index (χ1n) is 4.58. The molecule has 0 atom stereocenters. The van der Waals surface area contributed by atoms with Crippen LogP contribution >= 0.6 is 0 Å². The van der Waals surface area contributed by atoms with Crippen molar-refractivity contribution >= 4 is 5.82 Å². The number of benzene rings is 1. The number of hydrogen-bond donors (Lipinski definition) is 1. The third-order valence-corrected chi connectivity index (χ3v) is 1.94. The molecule has 0 aliphatic heterocycles. The van der Waals surface area contributed by atoms with E-state index in [1.165, 1.54) is 6.33 Å². The minimum atomic E-state index is 0.362. The van der Waals surface area contributed by atoms with Crippen molar-refractivity contribution in [2.75, 3.05) is 5.73 Å². The van der Waals surface area contributed by atoms with Crippen molar-refractivity contribution in [3.05, 3.63) is 48.4 Å². The van der Waals surface area contributed by atoms with E-state index in [4.69, 9.17) is 10.5 Å². The van der Waals surface area contributed by atoms with Gasteiger partial charge in [-0.2, -0.15) is 0 Å². The Bertz CT molecular complexity index is 431.